The highest BCUT2D eigenvalue weighted by Crippen LogP contribution is 2.07. The average molecular weight is 194 g/mol. The molecule has 0 spiro atoms. The Morgan fingerprint density at radius 2 is 2.43 bits per heavy atom. The maximum atomic E-state index is 8.27. The highest BCUT2D eigenvalue weighted by atomic mass is 16.5. The zero-order chi connectivity index (χ0) is 10.4. The summed E-state index contributed by atoms with van der Waals surface area (Å²) in [5.74, 6) is 0. The molecular weight excluding hydrogens is 180 g/mol. The van der Waals surface area contributed by atoms with Gasteiger partial charge in [0.25, 0.3) is 0 Å². The largest absolute Gasteiger partial charge is 0.396 e. The van der Waals surface area contributed by atoms with Crippen molar-refractivity contribution in [1.82, 2.24) is 9.78 Å². The van der Waals surface area contributed by atoms with Gasteiger partial charge in [-0.15, -0.1) is 0 Å². The molecule has 0 fully saturated rings. The molecule has 76 valence electrons. The molecule has 0 aliphatic carbocycles. The number of hydrogen-bond donors (Lipinski definition) is 1. The summed E-state index contributed by atoms with van der Waals surface area (Å²) >= 11 is 0. The van der Waals surface area contributed by atoms with Crippen molar-refractivity contribution in [2.24, 2.45) is 0 Å². The summed E-state index contributed by atoms with van der Waals surface area (Å²) < 4.78 is 7.01. The first-order valence-corrected chi connectivity index (χ1v) is 4.48. The second-order valence-corrected chi connectivity index (χ2v) is 2.93. The summed E-state index contributed by atoms with van der Waals surface area (Å²) in [6.07, 6.45) is 2.06. The molecule has 1 rings (SSSR count). The fourth-order valence-electron chi connectivity index (χ4n) is 1.06. The lowest BCUT2D eigenvalue weighted by molar-refractivity contribution is 0.128. The molecule has 0 aromatic carbocycles. The lowest BCUT2D eigenvalue weighted by Gasteiger charge is -2.04. The number of nitrogen functional groups attached to an aromatic ring is 1. The van der Waals surface area contributed by atoms with Crippen molar-refractivity contribution >= 4 is 5.69 Å². The molecule has 0 atom stereocenters. The fourth-order valence-corrected chi connectivity index (χ4v) is 1.06. The summed E-state index contributed by atoms with van der Waals surface area (Å²) in [4.78, 5) is 0. The number of hydrogen-bond acceptors (Lipinski definition) is 4. The monoisotopic (exact) mass is 194 g/mol. The van der Waals surface area contributed by atoms with E-state index in [1.807, 2.05) is 13.0 Å². The van der Waals surface area contributed by atoms with Gasteiger partial charge in [-0.25, -0.2) is 0 Å². The summed E-state index contributed by atoms with van der Waals surface area (Å²) in [5, 5.41) is 12.3. The Morgan fingerprint density at radius 1 is 1.64 bits per heavy atom. The molecule has 0 saturated heterocycles. The standard InChI is InChI=1S/C9H14N4O/c1-8-9(11)7-12-13(8)4-6-14-5-2-3-10/h7H,2,4-6,11H2,1H3. The van der Waals surface area contributed by atoms with Crippen LogP contribution in [0.3, 0.4) is 0 Å². The number of rotatable bonds is 5. The maximum absolute atomic E-state index is 8.27. The number of ether oxygens (including phenoxy) is 1. The van der Waals surface area contributed by atoms with Gasteiger partial charge < -0.3 is 10.5 Å². The van der Waals surface area contributed by atoms with Gasteiger partial charge in [0.2, 0.25) is 0 Å². The van der Waals surface area contributed by atoms with Crippen molar-refractivity contribution in [1.29, 1.82) is 5.26 Å². The van der Waals surface area contributed by atoms with E-state index in [-0.39, 0.29) is 0 Å². The summed E-state index contributed by atoms with van der Waals surface area (Å²) in [6.45, 7) is 3.63. The van der Waals surface area contributed by atoms with E-state index in [1.165, 1.54) is 0 Å². The van der Waals surface area contributed by atoms with Crippen LogP contribution in [0.1, 0.15) is 12.1 Å². The topological polar surface area (TPSA) is 76.9 Å². The van der Waals surface area contributed by atoms with Crippen LogP contribution >= 0.6 is 0 Å². The van der Waals surface area contributed by atoms with E-state index in [9.17, 15) is 0 Å². The van der Waals surface area contributed by atoms with Crippen molar-refractivity contribution in [3.8, 4) is 6.07 Å². The SMILES string of the molecule is Cc1c(N)cnn1CCOCCC#N. The molecule has 5 heteroatoms. The van der Waals surface area contributed by atoms with E-state index in [0.717, 1.165) is 5.69 Å². The molecule has 0 bridgehead atoms. The highest BCUT2D eigenvalue weighted by Gasteiger charge is 2.01. The van der Waals surface area contributed by atoms with E-state index < -0.39 is 0 Å². The van der Waals surface area contributed by atoms with Crippen LogP contribution in [0.2, 0.25) is 0 Å². The van der Waals surface area contributed by atoms with Gasteiger partial charge in [-0.2, -0.15) is 10.4 Å². The van der Waals surface area contributed by atoms with Crippen LogP contribution in [0.15, 0.2) is 6.20 Å². The van der Waals surface area contributed by atoms with Gasteiger partial charge >= 0.3 is 0 Å². The smallest absolute Gasteiger partial charge is 0.0730 e. The van der Waals surface area contributed by atoms with Crippen LogP contribution in [0, 0.1) is 18.3 Å². The number of anilines is 1. The lowest BCUT2D eigenvalue weighted by atomic mass is 10.4. The van der Waals surface area contributed by atoms with Crippen molar-refractivity contribution in [2.75, 3.05) is 18.9 Å². The predicted octanol–water partition coefficient (Wildman–Crippen LogP) is 0.704. The maximum Gasteiger partial charge on any atom is 0.0730 e. The van der Waals surface area contributed by atoms with Crippen LogP contribution in [0.25, 0.3) is 0 Å². The first kappa shape index (κ1) is 10.5. The molecule has 0 unspecified atom stereocenters. The average Bonchev–Trinajstić information content (AvgIpc) is 2.49. The van der Waals surface area contributed by atoms with Crippen LogP contribution in [-0.4, -0.2) is 23.0 Å². The first-order valence-electron chi connectivity index (χ1n) is 4.48. The van der Waals surface area contributed by atoms with Gasteiger partial charge in [0.05, 0.1) is 49.8 Å². The molecule has 0 amide bonds. The molecule has 1 aromatic rings. The van der Waals surface area contributed by atoms with Gasteiger partial charge in [0.1, 0.15) is 0 Å². The Bertz CT molecular complexity index is 326. The number of nitriles is 1. The Balaban J connectivity index is 2.25. The molecular formula is C9H14N4O. The Labute approximate surface area is 83.1 Å². The van der Waals surface area contributed by atoms with Gasteiger partial charge in [-0.1, -0.05) is 0 Å². The number of aromatic nitrogens is 2. The molecule has 1 heterocycles. The van der Waals surface area contributed by atoms with Crippen molar-refractivity contribution in [3.05, 3.63) is 11.9 Å². The molecule has 0 radical (unpaired) electrons. The van der Waals surface area contributed by atoms with E-state index in [1.54, 1.807) is 10.9 Å². The summed E-state index contributed by atoms with van der Waals surface area (Å²) in [6, 6.07) is 2.01. The number of nitrogens with two attached hydrogens (primary N) is 1. The Hall–Kier alpha value is -1.54. The van der Waals surface area contributed by atoms with Gasteiger partial charge in [-0.3, -0.25) is 4.68 Å². The van der Waals surface area contributed by atoms with E-state index in [2.05, 4.69) is 5.10 Å². The van der Waals surface area contributed by atoms with Crippen molar-refractivity contribution < 1.29 is 4.74 Å². The second kappa shape index (κ2) is 5.25. The fraction of sp³-hybridized carbons (Fsp3) is 0.556. The zero-order valence-electron chi connectivity index (χ0n) is 8.23. The minimum Gasteiger partial charge on any atom is -0.396 e. The van der Waals surface area contributed by atoms with Crippen molar-refractivity contribution in [3.63, 3.8) is 0 Å². The third kappa shape index (κ3) is 2.75. The molecule has 5 nitrogen and oxygen atoms in total. The molecule has 1 aromatic heterocycles. The van der Waals surface area contributed by atoms with E-state index in [0.29, 0.717) is 31.9 Å². The molecule has 14 heavy (non-hydrogen) atoms. The lowest BCUT2D eigenvalue weighted by Crippen LogP contribution is -2.09. The van der Waals surface area contributed by atoms with Crippen LogP contribution in [0.4, 0.5) is 5.69 Å². The second-order valence-electron chi connectivity index (χ2n) is 2.93. The summed E-state index contributed by atoms with van der Waals surface area (Å²) in [5.41, 5.74) is 7.27. The van der Waals surface area contributed by atoms with E-state index >= 15 is 0 Å². The normalized spacial score (nSPS) is 10.0. The first-order chi connectivity index (χ1) is 6.75. The van der Waals surface area contributed by atoms with Gasteiger partial charge in [0.15, 0.2) is 0 Å². The molecule has 2 N–H and O–H groups in total. The van der Waals surface area contributed by atoms with Gasteiger partial charge in [0, 0.05) is 0 Å². The third-order valence-corrected chi connectivity index (χ3v) is 1.95. The predicted molar refractivity (Wildman–Crippen MR) is 52.4 cm³/mol. The zero-order valence-corrected chi connectivity index (χ0v) is 8.23. The third-order valence-electron chi connectivity index (χ3n) is 1.95. The Morgan fingerprint density at radius 3 is 3.00 bits per heavy atom. The summed E-state index contributed by atoms with van der Waals surface area (Å²) in [7, 11) is 0. The minimum absolute atomic E-state index is 0.431. The van der Waals surface area contributed by atoms with E-state index in [4.69, 9.17) is 15.7 Å². The Kier molecular flexibility index (Phi) is 3.95. The minimum atomic E-state index is 0.431. The number of nitrogens with zero attached hydrogens (tertiary/aromatic N) is 3. The highest BCUT2D eigenvalue weighted by molar-refractivity contribution is 5.39. The quantitative estimate of drug-likeness (QED) is 0.700. The van der Waals surface area contributed by atoms with Crippen LogP contribution < -0.4 is 5.73 Å². The van der Waals surface area contributed by atoms with Gasteiger partial charge in [-0.05, 0) is 6.92 Å². The molecule has 0 aliphatic rings. The van der Waals surface area contributed by atoms with Crippen LogP contribution in [-0.2, 0) is 11.3 Å². The van der Waals surface area contributed by atoms with Crippen LogP contribution in [0.5, 0.6) is 0 Å². The van der Waals surface area contributed by atoms with Crippen molar-refractivity contribution in [2.45, 2.75) is 19.9 Å². The molecule has 0 saturated carbocycles. The molecule has 0 aliphatic heterocycles.